The lowest BCUT2D eigenvalue weighted by atomic mass is 10.0. The fourth-order valence-electron chi connectivity index (χ4n) is 1.29. The maximum absolute atomic E-state index is 13.0. The molecule has 0 saturated heterocycles. The number of carboxylic acid groups (broad SMARTS) is 1. The van der Waals surface area contributed by atoms with Gasteiger partial charge < -0.3 is 14.9 Å². The van der Waals surface area contributed by atoms with Gasteiger partial charge in [0.25, 0.3) is 0 Å². The highest BCUT2D eigenvalue weighted by Gasteiger charge is 2.25. The average Bonchev–Trinajstić information content (AvgIpc) is 2.29. The number of carboxylic acids is 1. The second-order valence-corrected chi connectivity index (χ2v) is 3.15. The van der Waals surface area contributed by atoms with Gasteiger partial charge in [0.1, 0.15) is 11.6 Å². The molecule has 1 unspecified atom stereocenters. The molecule has 0 saturated carbocycles. The zero-order valence-electron chi connectivity index (χ0n) is 8.64. The standard InChI is InChI=1S/C10H7F3O5/c11-5-1-4(3-14)8(18-10(12)13)6(2-5)7(15)9(16)17/h1-3,7,10,15H,(H,16,17). The summed E-state index contributed by atoms with van der Waals surface area (Å²) in [6.07, 6.45) is -2.27. The van der Waals surface area contributed by atoms with E-state index in [9.17, 15) is 27.9 Å². The van der Waals surface area contributed by atoms with E-state index in [4.69, 9.17) is 5.11 Å². The van der Waals surface area contributed by atoms with Gasteiger partial charge in [-0.1, -0.05) is 0 Å². The van der Waals surface area contributed by atoms with Gasteiger partial charge in [0.15, 0.2) is 12.4 Å². The molecule has 1 aromatic carbocycles. The Morgan fingerprint density at radius 2 is 2.00 bits per heavy atom. The van der Waals surface area contributed by atoms with E-state index in [1.807, 2.05) is 0 Å². The third-order valence-electron chi connectivity index (χ3n) is 1.97. The quantitative estimate of drug-likeness (QED) is 0.784. The monoisotopic (exact) mass is 264 g/mol. The first kappa shape index (κ1) is 14.0. The Balaban J connectivity index is 3.40. The lowest BCUT2D eigenvalue weighted by Crippen LogP contribution is -2.15. The summed E-state index contributed by atoms with van der Waals surface area (Å²) < 4.78 is 41.2. The summed E-state index contributed by atoms with van der Waals surface area (Å²) in [6.45, 7) is -3.35. The van der Waals surface area contributed by atoms with Crippen molar-refractivity contribution in [2.24, 2.45) is 0 Å². The highest BCUT2D eigenvalue weighted by molar-refractivity contribution is 5.83. The number of aliphatic hydroxyl groups is 1. The van der Waals surface area contributed by atoms with Crippen molar-refractivity contribution in [3.8, 4) is 5.75 Å². The maximum atomic E-state index is 13.0. The Hall–Kier alpha value is -2.09. The zero-order valence-corrected chi connectivity index (χ0v) is 8.64. The molecule has 8 heteroatoms. The van der Waals surface area contributed by atoms with Crippen LogP contribution in [0.4, 0.5) is 13.2 Å². The zero-order chi connectivity index (χ0) is 13.9. The lowest BCUT2D eigenvalue weighted by molar-refractivity contribution is -0.147. The van der Waals surface area contributed by atoms with E-state index in [0.29, 0.717) is 12.1 Å². The molecular weight excluding hydrogens is 257 g/mol. The number of aliphatic hydroxyl groups excluding tert-OH is 1. The predicted octanol–water partition coefficient (Wildman–Crippen LogP) is 1.36. The smallest absolute Gasteiger partial charge is 0.387 e. The van der Waals surface area contributed by atoms with Crippen molar-refractivity contribution in [1.82, 2.24) is 0 Å². The molecule has 0 aliphatic carbocycles. The minimum Gasteiger partial charge on any atom is -0.479 e. The van der Waals surface area contributed by atoms with Gasteiger partial charge >= 0.3 is 12.6 Å². The van der Waals surface area contributed by atoms with Crippen LogP contribution in [0.5, 0.6) is 5.75 Å². The van der Waals surface area contributed by atoms with Crippen LogP contribution >= 0.6 is 0 Å². The maximum Gasteiger partial charge on any atom is 0.387 e. The van der Waals surface area contributed by atoms with Gasteiger partial charge in [0.2, 0.25) is 0 Å². The number of rotatable bonds is 5. The predicted molar refractivity (Wildman–Crippen MR) is 51.0 cm³/mol. The second-order valence-electron chi connectivity index (χ2n) is 3.15. The molecule has 0 aromatic heterocycles. The number of carbonyl (C=O) groups excluding carboxylic acids is 1. The molecule has 0 amide bonds. The fraction of sp³-hybridized carbons (Fsp3) is 0.200. The number of hydrogen-bond donors (Lipinski definition) is 2. The summed E-state index contributed by atoms with van der Waals surface area (Å²) in [6, 6.07) is 1.09. The van der Waals surface area contributed by atoms with Crippen molar-refractivity contribution in [3.05, 3.63) is 29.1 Å². The van der Waals surface area contributed by atoms with Crippen LogP contribution in [-0.2, 0) is 4.79 Å². The van der Waals surface area contributed by atoms with E-state index in [-0.39, 0.29) is 6.29 Å². The van der Waals surface area contributed by atoms with E-state index < -0.39 is 41.4 Å². The van der Waals surface area contributed by atoms with Crippen LogP contribution in [0.25, 0.3) is 0 Å². The highest BCUT2D eigenvalue weighted by atomic mass is 19.3. The minimum atomic E-state index is -3.35. The summed E-state index contributed by atoms with van der Waals surface area (Å²) in [5.41, 5.74) is -1.38. The van der Waals surface area contributed by atoms with E-state index in [1.165, 1.54) is 0 Å². The molecule has 0 fully saturated rings. The van der Waals surface area contributed by atoms with Crippen LogP contribution in [0.1, 0.15) is 22.0 Å². The number of aldehydes is 1. The number of halogens is 3. The molecule has 0 bridgehead atoms. The summed E-state index contributed by atoms with van der Waals surface area (Å²) in [7, 11) is 0. The molecular formula is C10H7F3O5. The molecule has 2 N–H and O–H groups in total. The number of aliphatic carboxylic acids is 1. The Bertz CT molecular complexity index is 475. The van der Waals surface area contributed by atoms with Crippen molar-refractivity contribution in [2.75, 3.05) is 0 Å². The molecule has 1 aromatic rings. The van der Waals surface area contributed by atoms with Crippen LogP contribution in [0.3, 0.4) is 0 Å². The van der Waals surface area contributed by atoms with Crippen molar-refractivity contribution in [3.63, 3.8) is 0 Å². The van der Waals surface area contributed by atoms with E-state index >= 15 is 0 Å². The summed E-state index contributed by atoms with van der Waals surface area (Å²) in [5.74, 6) is -3.72. The molecule has 5 nitrogen and oxygen atoms in total. The van der Waals surface area contributed by atoms with Gasteiger partial charge in [-0.05, 0) is 12.1 Å². The van der Waals surface area contributed by atoms with Crippen LogP contribution in [0.2, 0.25) is 0 Å². The molecule has 0 aliphatic heterocycles. The molecule has 0 radical (unpaired) electrons. The first-order chi connectivity index (χ1) is 8.36. The van der Waals surface area contributed by atoms with Gasteiger partial charge in [-0.15, -0.1) is 0 Å². The van der Waals surface area contributed by atoms with Gasteiger partial charge in [0.05, 0.1) is 5.56 Å². The number of benzene rings is 1. The van der Waals surface area contributed by atoms with Crippen molar-refractivity contribution < 1.29 is 37.7 Å². The number of ether oxygens (including phenoxy) is 1. The van der Waals surface area contributed by atoms with Crippen molar-refractivity contribution in [1.29, 1.82) is 0 Å². The largest absolute Gasteiger partial charge is 0.479 e. The van der Waals surface area contributed by atoms with Crippen LogP contribution in [0, 0.1) is 5.82 Å². The number of carbonyl (C=O) groups is 2. The van der Waals surface area contributed by atoms with Gasteiger partial charge in [-0.25, -0.2) is 9.18 Å². The topological polar surface area (TPSA) is 83.8 Å². The summed E-state index contributed by atoms with van der Waals surface area (Å²) >= 11 is 0. The molecule has 0 spiro atoms. The number of alkyl halides is 2. The number of hydrogen-bond acceptors (Lipinski definition) is 4. The van der Waals surface area contributed by atoms with E-state index in [0.717, 1.165) is 0 Å². The van der Waals surface area contributed by atoms with Crippen molar-refractivity contribution in [2.45, 2.75) is 12.7 Å². The molecule has 98 valence electrons. The fourth-order valence-corrected chi connectivity index (χ4v) is 1.29. The molecule has 0 heterocycles. The van der Waals surface area contributed by atoms with Gasteiger partial charge in [-0.2, -0.15) is 8.78 Å². The Morgan fingerprint density at radius 1 is 1.39 bits per heavy atom. The summed E-state index contributed by atoms with van der Waals surface area (Å²) in [5, 5.41) is 17.8. The molecule has 1 rings (SSSR count). The molecule has 0 aliphatic rings. The lowest BCUT2D eigenvalue weighted by Gasteiger charge is -2.15. The molecule has 18 heavy (non-hydrogen) atoms. The summed E-state index contributed by atoms with van der Waals surface area (Å²) in [4.78, 5) is 21.1. The first-order valence-corrected chi connectivity index (χ1v) is 4.51. The Kier molecular flexibility index (Phi) is 4.27. The van der Waals surface area contributed by atoms with Gasteiger partial charge in [0, 0.05) is 5.56 Å². The third kappa shape index (κ3) is 2.98. The van der Waals surface area contributed by atoms with Crippen LogP contribution in [-0.4, -0.2) is 29.1 Å². The Labute approximate surface area is 98.4 Å². The van der Waals surface area contributed by atoms with E-state index in [1.54, 1.807) is 0 Å². The SMILES string of the molecule is O=Cc1cc(F)cc(C(O)C(=O)O)c1OC(F)F. The Morgan fingerprint density at radius 3 is 2.44 bits per heavy atom. The normalized spacial score (nSPS) is 12.3. The second kappa shape index (κ2) is 5.50. The molecule has 1 atom stereocenters. The van der Waals surface area contributed by atoms with E-state index in [2.05, 4.69) is 4.74 Å². The van der Waals surface area contributed by atoms with Crippen molar-refractivity contribution >= 4 is 12.3 Å². The first-order valence-electron chi connectivity index (χ1n) is 4.51. The average molecular weight is 264 g/mol. The van der Waals surface area contributed by atoms with Crippen LogP contribution < -0.4 is 4.74 Å². The van der Waals surface area contributed by atoms with Crippen LogP contribution in [0.15, 0.2) is 12.1 Å². The third-order valence-corrected chi connectivity index (χ3v) is 1.97. The van der Waals surface area contributed by atoms with Gasteiger partial charge in [-0.3, -0.25) is 4.79 Å². The minimum absolute atomic E-state index is 0.0128. The highest BCUT2D eigenvalue weighted by Crippen LogP contribution is 2.31.